The molecule has 1 heterocycles. The summed E-state index contributed by atoms with van der Waals surface area (Å²) in [5, 5.41) is 15.4. The third-order valence-electron chi connectivity index (χ3n) is 8.01. The first kappa shape index (κ1) is 36.2. The molecule has 0 bridgehead atoms. The molecule has 2 atom stereocenters. The number of nitrogens with zero attached hydrogens (tertiary/aromatic N) is 2. The van der Waals surface area contributed by atoms with E-state index in [2.05, 4.69) is 21.2 Å². The van der Waals surface area contributed by atoms with Crippen LogP contribution in [-0.2, 0) is 26.0 Å². The fourth-order valence-electron chi connectivity index (χ4n) is 5.17. The average molecular weight is 674 g/mol. The molecule has 0 aliphatic heterocycles. The van der Waals surface area contributed by atoms with Crippen LogP contribution in [0.2, 0.25) is 0 Å². The van der Waals surface area contributed by atoms with Gasteiger partial charge in [0, 0.05) is 31.3 Å². The van der Waals surface area contributed by atoms with Gasteiger partial charge in [-0.1, -0.05) is 86.6 Å². The van der Waals surface area contributed by atoms with Crippen LogP contribution in [0.15, 0.2) is 102 Å². The second-order valence-corrected chi connectivity index (χ2v) is 14.3. The molecule has 11 nitrogen and oxygen atoms in total. The molecule has 2 unspecified atom stereocenters. The number of hydrogen-bond acceptors (Lipinski definition) is 7. The Morgan fingerprint density at radius 2 is 1.46 bits per heavy atom. The third-order valence-corrected chi connectivity index (χ3v) is 9.89. The number of carbonyl (C=O) groups is 3. The van der Waals surface area contributed by atoms with Gasteiger partial charge in [0.05, 0.1) is 22.1 Å². The summed E-state index contributed by atoms with van der Waals surface area (Å²) in [6.45, 7) is 5.57. The van der Waals surface area contributed by atoms with Crippen molar-refractivity contribution in [1.82, 2.24) is 25.5 Å². The van der Waals surface area contributed by atoms with Crippen LogP contribution in [0.5, 0.6) is 0 Å². The number of rotatable bonds is 15. The van der Waals surface area contributed by atoms with Crippen LogP contribution < -0.4 is 16.2 Å². The van der Waals surface area contributed by atoms with Crippen LogP contribution in [0, 0.1) is 5.92 Å². The number of fused-ring (bicyclic) bond motifs is 1. The van der Waals surface area contributed by atoms with Gasteiger partial charge in [0.25, 0.3) is 5.91 Å². The molecule has 3 aromatic carbocycles. The van der Waals surface area contributed by atoms with Crippen molar-refractivity contribution >= 4 is 38.6 Å². The lowest BCUT2D eigenvalue weighted by molar-refractivity contribution is -0.128. The van der Waals surface area contributed by atoms with Gasteiger partial charge in [0.2, 0.25) is 21.8 Å². The number of hydrazine groups is 1. The highest BCUT2D eigenvalue weighted by Crippen LogP contribution is 2.23. The molecule has 0 spiro atoms. The molecule has 1 aromatic heterocycles. The van der Waals surface area contributed by atoms with Gasteiger partial charge in [-0.25, -0.2) is 13.4 Å². The van der Waals surface area contributed by atoms with Gasteiger partial charge >= 0.3 is 0 Å². The minimum Gasteiger partial charge on any atom is -0.389 e. The topological polar surface area (TPSA) is 158 Å². The van der Waals surface area contributed by atoms with Crippen molar-refractivity contribution in [2.45, 2.75) is 63.0 Å². The highest BCUT2D eigenvalue weighted by Gasteiger charge is 2.38. The van der Waals surface area contributed by atoms with E-state index in [1.807, 2.05) is 62.4 Å². The zero-order valence-corrected chi connectivity index (χ0v) is 28.2. The van der Waals surface area contributed by atoms with E-state index in [1.165, 1.54) is 16.4 Å². The molecule has 0 aliphatic carbocycles. The van der Waals surface area contributed by atoms with Gasteiger partial charge in [0.1, 0.15) is 5.69 Å². The van der Waals surface area contributed by atoms with Gasteiger partial charge < -0.3 is 10.4 Å². The van der Waals surface area contributed by atoms with Crippen molar-refractivity contribution in [3.8, 4) is 0 Å². The fourth-order valence-corrected chi connectivity index (χ4v) is 6.65. The molecule has 4 rings (SSSR count). The normalized spacial score (nSPS) is 13.5. The number of hydrogen-bond donors (Lipinski definition) is 4. The molecule has 0 radical (unpaired) electrons. The van der Waals surface area contributed by atoms with Crippen LogP contribution in [0.25, 0.3) is 10.9 Å². The van der Waals surface area contributed by atoms with Crippen molar-refractivity contribution in [3.63, 3.8) is 0 Å². The Hall–Kier alpha value is -4.65. The molecule has 0 fully saturated rings. The molecule has 254 valence electrons. The first-order valence-corrected chi connectivity index (χ1v) is 17.3. The van der Waals surface area contributed by atoms with Gasteiger partial charge in [-0.3, -0.25) is 25.2 Å². The summed E-state index contributed by atoms with van der Waals surface area (Å²) in [5.74, 6) is -1.52. The van der Waals surface area contributed by atoms with Gasteiger partial charge in [-0.05, 0) is 55.5 Å². The highest BCUT2D eigenvalue weighted by atomic mass is 32.2. The number of pyridine rings is 1. The molecule has 4 aromatic rings. The van der Waals surface area contributed by atoms with Crippen LogP contribution >= 0.6 is 0 Å². The highest BCUT2D eigenvalue weighted by molar-refractivity contribution is 7.89. The number of carbonyl (C=O) groups excluding carboxylic acids is 3. The van der Waals surface area contributed by atoms with Gasteiger partial charge in [0.15, 0.2) is 0 Å². The largest absolute Gasteiger partial charge is 0.389 e. The first-order valence-electron chi connectivity index (χ1n) is 15.9. The second kappa shape index (κ2) is 16.4. The summed E-state index contributed by atoms with van der Waals surface area (Å²) in [7, 11) is -3.95. The standard InChI is InChI=1S/C36H43N5O6S/c1-26(2)22-23-41(48(46,47)29-15-8-5-9-16-29)25-32(42)36(3,24-27-12-6-4-7-13-27)38-33(43)20-21-34(44)39-40-35(45)31-19-18-28-14-10-11-17-30(28)37-31/h4-19,26,32,42H,20-25H2,1-3H3,(H,38,43)(H,39,44)(H,40,45). The SMILES string of the molecule is CC(C)CCN(CC(O)C(C)(Cc1ccccc1)NC(=O)CCC(=O)NNC(=O)c1ccc2ccccc2n1)S(=O)(=O)c1ccccc1. The summed E-state index contributed by atoms with van der Waals surface area (Å²) in [6, 6.07) is 27.9. The van der Waals surface area contributed by atoms with Gasteiger partial charge in [-0.15, -0.1) is 0 Å². The number of benzene rings is 3. The lowest BCUT2D eigenvalue weighted by Crippen LogP contribution is -2.59. The maximum absolute atomic E-state index is 13.7. The average Bonchev–Trinajstić information content (AvgIpc) is 3.08. The predicted molar refractivity (Wildman–Crippen MR) is 184 cm³/mol. The zero-order valence-electron chi connectivity index (χ0n) is 27.4. The Morgan fingerprint density at radius 3 is 2.15 bits per heavy atom. The number of aliphatic hydroxyl groups is 1. The van der Waals surface area contributed by atoms with Crippen LogP contribution in [-0.4, -0.2) is 65.3 Å². The first-order chi connectivity index (χ1) is 22.9. The maximum Gasteiger partial charge on any atom is 0.288 e. The number of aliphatic hydroxyl groups excluding tert-OH is 1. The van der Waals surface area contributed by atoms with E-state index >= 15 is 0 Å². The van der Waals surface area contributed by atoms with E-state index in [4.69, 9.17) is 0 Å². The Balaban J connectivity index is 1.42. The summed E-state index contributed by atoms with van der Waals surface area (Å²) in [5.41, 5.74) is 4.91. The van der Waals surface area contributed by atoms with E-state index in [9.17, 15) is 27.9 Å². The molecule has 48 heavy (non-hydrogen) atoms. The molecular weight excluding hydrogens is 630 g/mol. The van der Waals surface area contributed by atoms with E-state index in [0.717, 1.165) is 10.9 Å². The van der Waals surface area contributed by atoms with Crippen molar-refractivity contribution in [1.29, 1.82) is 0 Å². The van der Waals surface area contributed by atoms with Crippen molar-refractivity contribution < 1.29 is 27.9 Å². The number of amides is 3. The quantitative estimate of drug-likeness (QED) is 0.139. The molecular formula is C36H43N5O6S. The zero-order chi connectivity index (χ0) is 34.7. The number of para-hydroxylation sites is 1. The second-order valence-electron chi connectivity index (χ2n) is 12.4. The maximum atomic E-state index is 13.7. The van der Waals surface area contributed by atoms with Crippen LogP contribution in [0.3, 0.4) is 0 Å². The van der Waals surface area contributed by atoms with Crippen molar-refractivity contribution in [3.05, 3.63) is 108 Å². The Kier molecular flexibility index (Phi) is 12.4. The molecule has 0 saturated carbocycles. The Labute approximate surface area is 281 Å². The molecule has 0 aliphatic rings. The number of aromatic nitrogens is 1. The minimum absolute atomic E-state index is 0.115. The van der Waals surface area contributed by atoms with Crippen molar-refractivity contribution in [2.75, 3.05) is 13.1 Å². The van der Waals surface area contributed by atoms with E-state index in [1.54, 1.807) is 43.3 Å². The molecule has 0 saturated heterocycles. The Bertz CT molecular complexity index is 1800. The molecule has 4 N–H and O–H groups in total. The lowest BCUT2D eigenvalue weighted by atomic mass is 9.86. The van der Waals surface area contributed by atoms with Crippen LogP contribution in [0.1, 0.15) is 56.1 Å². The monoisotopic (exact) mass is 673 g/mol. The van der Waals surface area contributed by atoms with Gasteiger partial charge in [-0.2, -0.15) is 4.31 Å². The predicted octanol–water partition coefficient (Wildman–Crippen LogP) is 3.99. The number of nitrogens with one attached hydrogen (secondary N) is 3. The lowest BCUT2D eigenvalue weighted by Gasteiger charge is -2.38. The van der Waals surface area contributed by atoms with E-state index in [0.29, 0.717) is 11.9 Å². The van der Waals surface area contributed by atoms with Crippen LogP contribution in [0.4, 0.5) is 0 Å². The summed E-state index contributed by atoms with van der Waals surface area (Å²) in [6.07, 6.45) is -1.03. The fraction of sp³-hybridized carbons (Fsp3) is 0.333. The smallest absolute Gasteiger partial charge is 0.288 e. The summed E-state index contributed by atoms with van der Waals surface area (Å²) < 4.78 is 28.6. The molecule has 3 amide bonds. The minimum atomic E-state index is -3.95. The number of sulfonamides is 1. The third kappa shape index (κ3) is 9.93. The van der Waals surface area contributed by atoms with E-state index in [-0.39, 0.29) is 48.9 Å². The Morgan fingerprint density at radius 1 is 0.833 bits per heavy atom. The van der Waals surface area contributed by atoms with E-state index < -0.39 is 39.4 Å². The molecule has 12 heteroatoms. The summed E-state index contributed by atoms with van der Waals surface area (Å²) >= 11 is 0. The summed E-state index contributed by atoms with van der Waals surface area (Å²) in [4.78, 5) is 42.8. The van der Waals surface area contributed by atoms with Crippen molar-refractivity contribution in [2.24, 2.45) is 5.92 Å².